The van der Waals surface area contributed by atoms with Gasteiger partial charge in [-0.3, -0.25) is 9.59 Å². The number of hydrogen-bond donors (Lipinski definition) is 0. The maximum absolute atomic E-state index is 11.7. The van der Waals surface area contributed by atoms with E-state index in [1.807, 2.05) is 12.1 Å². The highest BCUT2D eigenvalue weighted by molar-refractivity contribution is 9.10. The number of hydrogen-bond acceptors (Lipinski definition) is 3. The quantitative estimate of drug-likeness (QED) is 0.786. The van der Waals surface area contributed by atoms with Gasteiger partial charge in [0.2, 0.25) is 5.91 Å². The van der Waals surface area contributed by atoms with Gasteiger partial charge >= 0.3 is 0 Å². The Bertz CT molecular complexity index is 473. The molecular formula is C12H12BrNO3. The van der Waals surface area contributed by atoms with E-state index in [-0.39, 0.29) is 18.1 Å². The van der Waals surface area contributed by atoms with E-state index in [1.165, 1.54) is 0 Å². The van der Waals surface area contributed by atoms with Gasteiger partial charge in [0.15, 0.2) is 0 Å². The first-order chi connectivity index (χ1) is 8.11. The van der Waals surface area contributed by atoms with Crippen molar-refractivity contribution in [3.8, 4) is 5.75 Å². The first-order valence-electron chi connectivity index (χ1n) is 5.27. The van der Waals surface area contributed by atoms with Gasteiger partial charge in [-0.1, -0.05) is 0 Å². The number of piperidine rings is 1. The zero-order valence-corrected chi connectivity index (χ0v) is 11.0. The van der Waals surface area contributed by atoms with Crippen molar-refractivity contribution >= 4 is 33.3 Å². The highest BCUT2D eigenvalue weighted by Crippen LogP contribution is 2.30. The number of benzene rings is 1. The van der Waals surface area contributed by atoms with Crippen LogP contribution in [-0.4, -0.2) is 25.3 Å². The van der Waals surface area contributed by atoms with Crippen LogP contribution in [-0.2, 0) is 9.59 Å². The van der Waals surface area contributed by atoms with E-state index in [2.05, 4.69) is 15.9 Å². The van der Waals surface area contributed by atoms with Crippen LogP contribution in [0.25, 0.3) is 0 Å². The topological polar surface area (TPSA) is 46.6 Å². The second-order valence-corrected chi connectivity index (χ2v) is 4.68. The molecule has 5 heteroatoms. The minimum atomic E-state index is -0.140. The Morgan fingerprint density at radius 3 is 2.71 bits per heavy atom. The molecule has 1 aromatic rings. The Kier molecular flexibility index (Phi) is 3.47. The van der Waals surface area contributed by atoms with Crippen molar-refractivity contribution in [1.29, 1.82) is 0 Å². The zero-order chi connectivity index (χ0) is 12.4. The van der Waals surface area contributed by atoms with Gasteiger partial charge in [-0.25, -0.2) is 0 Å². The molecule has 1 fully saturated rings. The molecule has 0 saturated carbocycles. The van der Waals surface area contributed by atoms with Gasteiger partial charge in [0.05, 0.1) is 18.0 Å². The molecule has 1 amide bonds. The van der Waals surface area contributed by atoms with Crippen LogP contribution < -0.4 is 9.64 Å². The Hall–Kier alpha value is -1.36. The predicted molar refractivity (Wildman–Crippen MR) is 67.3 cm³/mol. The minimum Gasteiger partial charge on any atom is -0.496 e. The molecule has 0 N–H and O–H groups in total. The van der Waals surface area contributed by atoms with Crippen LogP contribution >= 0.6 is 15.9 Å². The third-order valence-corrected chi connectivity index (χ3v) is 3.33. The van der Waals surface area contributed by atoms with Crippen LogP contribution in [0.3, 0.4) is 0 Å². The number of methoxy groups -OCH3 is 1. The van der Waals surface area contributed by atoms with Crippen molar-refractivity contribution in [3.05, 3.63) is 22.7 Å². The number of rotatable bonds is 2. The van der Waals surface area contributed by atoms with E-state index in [0.717, 1.165) is 10.2 Å². The highest BCUT2D eigenvalue weighted by atomic mass is 79.9. The number of ether oxygens (including phenoxy) is 1. The van der Waals surface area contributed by atoms with E-state index >= 15 is 0 Å². The molecule has 1 aliphatic rings. The van der Waals surface area contributed by atoms with Crippen LogP contribution in [0.4, 0.5) is 5.69 Å². The molecular weight excluding hydrogens is 286 g/mol. The molecule has 0 unspecified atom stereocenters. The van der Waals surface area contributed by atoms with Crippen molar-refractivity contribution in [2.45, 2.75) is 12.8 Å². The monoisotopic (exact) mass is 297 g/mol. The molecule has 0 bridgehead atoms. The van der Waals surface area contributed by atoms with Crippen LogP contribution in [0.1, 0.15) is 12.8 Å². The summed E-state index contributed by atoms with van der Waals surface area (Å²) in [4.78, 5) is 24.5. The fourth-order valence-electron chi connectivity index (χ4n) is 1.81. The molecule has 1 heterocycles. The van der Waals surface area contributed by atoms with Gasteiger partial charge in [0, 0.05) is 18.7 Å². The summed E-state index contributed by atoms with van der Waals surface area (Å²) in [6.45, 7) is 0.455. The van der Waals surface area contributed by atoms with Gasteiger partial charge in [0.1, 0.15) is 11.5 Å². The summed E-state index contributed by atoms with van der Waals surface area (Å²) in [6.07, 6.45) is 0.430. The molecule has 90 valence electrons. The van der Waals surface area contributed by atoms with Gasteiger partial charge in [-0.2, -0.15) is 0 Å². The molecule has 0 radical (unpaired) electrons. The smallest absolute Gasteiger partial charge is 0.234 e. The number of halogens is 1. The minimum absolute atomic E-state index is 0.00362. The van der Waals surface area contributed by atoms with Gasteiger partial charge < -0.3 is 9.64 Å². The highest BCUT2D eigenvalue weighted by Gasteiger charge is 2.25. The number of nitrogens with zero attached hydrogens (tertiary/aromatic N) is 1. The number of ketones is 1. The Labute approximate surface area is 108 Å². The van der Waals surface area contributed by atoms with Crippen molar-refractivity contribution in [2.75, 3.05) is 18.6 Å². The van der Waals surface area contributed by atoms with E-state index < -0.39 is 0 Å². The molecule has 2 rings (SSSR count). The molecule has 17 heavy (non-hydrogen) atoms. The summed E-state index contributed by atoms with van der Waals surface area (Å²) in [5.41, 5.74) is 0.787. The second-order valence-electron chi connectivity index (χ2n) is 3.83. The third kappa shape index (κ3) is 2.49. The van der Waals surface area contributed by atoms with Crippen molar-refractivity contribution in [2.24, 2.45) is 0 Å². The van der Waals surface area contributed by atoms with Crippen LogP contribution in [0.15, 0.2) is 22.7 Å². The molecule has 1 aromatic carbocycles. The summed E-state index contributed by atoms with van der Waals surface area (Å²) < 4.78 is 5.92. The van der Waals surface area contributed by atoms with Crippen molar-refractivity contribution < 1.29 is 14.3 Å². The van der Waals surface area contributed by atoms with E-state index in [9.17, 15) is 9.59 Å². The largest absolute Gasteiger partial charge is 0.496 e. The van der Waals surface area contributed by atoms with Gasteiger partial charge in [-0.15, -0.1) is 0 Å². The predicted octanol–water partition coefficient (Wildman–Crippen LogP) is 2.15. The number of amides is 1. The molecule has 0 spiro atoms. The Morgan fingerprint density at radius 2 is 2.12 bits per heavy atom. The SMILES string of the molecule is COc1ccc(N2CCC(=O)CC2=O)cc1Br. The summed E-state index contributed by atoms with van der Waals surface area (Å²) in [6, 6.07) is 5.44. The van der Waals surface area contributed by atoms with E-state index in [4.69, 9.17) is 4.74 Å². The normalized spacial score (nSPS) is 16.2. The lowest BCUT2D eigenvalue weighted by atomic mass is 10.1. The van der Waals surface area contributed by atoms with Gasteiger partial charge in [0.25, 0.3) is 0 Å². The number of Topliss-reactive ketones (excluding diaryl/α,β-unsaturated/α-hetero) is 1. The average Bonchev–Trinajstić information content (AvgIpc) is 2.29. The number of carbonyl (C=O) groups excluding carboxylic acids is 2. The first kappa shape index (κ1) is 12.1. The number of carbonyl (C=O) groups is 2. The molecule has 1 saturated heterocycles. The molecule has 0 aromatic heterocycles. The second kappa shape index (κ2) is 4.87. The lowest BCUT2D eigenvalue weighted by molar-refractivity contribution is -0.128. The van der Waals surface area contributed by atoms with Gasteiger partial charge in [-0.05, 0) is 34.1 Å². The lowest BCUT2D eigenvalue weighted by Gasteiger charge is -2.26. The average molecular weight is 298 g/mol. The molecule has 0 atom stereocenters. The standard InChI is InChI=1S/C12H12BrNO3/c1-17-11-3-2-8(6-10(11)13)14-5-4-9(15)7-12(14)16/h2-3,6H,4-5,7H2,1H3. The van der Waals surface area contributed by atoms with Crippen LogP contribution in [0.5, 0.6) is 5.75 Å². The van der Waals surface area contributed by atoms with Crippen molar-refractivity contribution in [3.63, 3.8) is 0 Å². The van der Waals surface area contributed by atoms with Crippen LogP contribution in [0, 0.1) is 0 Å². The third-order valence-electron chi connectivity index (χ3n) is 2.71. The fourth-order valence-corrected chi connectivity index (χ4v) is 2.34. The van der Waals surface area contributed by atoms with Crippen molar-refractivity contribution in [1.82, 2.24) is 0 Å². The molecule has 0 aliphatic carbocycles. The number of anilines is 1. The molecule has 4 nitrogen and oxygen atoms in total. The van der Waals surface area contributed by atoms with E-state index in [0.29, 0.717) is 18.7 Å². The summed E-state index contributed by atoms with van der Waals surface area (Å²) in [5.74, 6) is 0.589. The van der Waals surface area contributed by atoms with Crippen LogP contribution in [0.2, 0.25) is 0 Å². The Balaban J connectivity index is 2.25. The maximum atomic E-state index is 11.7. The summed E-state index contributed by atoms with van der Waals surface area (Å²) in [7, 11) is 1.59. The summed E-state index contributed by atoms with van der Waals surface area (Å²) in [5, 5.41) is 0. The zero-order valence-electron chi connectivity index (χ0n) is 9.40. The molecule has 1 aliphatic heterocycles. The Morgan fingerprint density at radius 1 is 1.35 bits per heavy atom. The van der Waals surface area contributed by atoms with E-state index in [1.54, 1.807) is 18.1 Å². The fraction of sp³-hybridized carbons (Fsp3) is 0.333. The first-order valence-corrected chi connectivity index (χ1v) is 6.06. The summed E-state index contributed by atoms with van der Waals surface area (Å²) >= 11 is 3.38. The maximum Gasteiger partial charge on any atom is 0.234 e. The lowest BCUT2D eigenvalue weighted by Crippen LogP contribution is -2.39.